The fourth-order valence-electron chi connectivity index (χ4n) is 1.57. The predicted molar refractivity (Wildman–Crippen MR) is 64.1 cm³/mol. The van der Waals surface area contributed by atoms with E-state index in [1.807, 2.05) is 6.92 Å². The van der Waals surface area contributed by atoms with Crippen LogP contribution in [0.1, 0.15) is 29.3 Å². The summed E-state index contributed by atoms with van der Waals surface area (Å²) < 4.78 is 17.9. The van der Waals surface area contributed by atoms with Crippen LogP contribution in [0.2, 0.25) is 0 Å². The molecule has 2 rings (SSSR count). The number of hydrogen-bond donors (Lipinski definition) is 2. The van der Waals surface area contributed by atoms with E-state index in [2.05, 4.69) is 5.32 Å². The largest absolute Gasteiger partial charge is 0.475 e. The highest BCUT2D eigenvalue weighted by Crippen LogP contribution is 2.21. The molecule has 1 atom stereocenters. The second-order valence-electron chi connectivity index (χ2n) is 3.88. The number of rotatable bonds is 4. The van der Waals surface area contributed by atoms with Gasteiger partial charge in [-0.3, -0.25) is 0 Å². The average molecular weight is 249 g/mol. The van der Waals surface area contributed by atoms with Crippen LogP contribution in [-0.2, 0) is 0 Å². The van der Waals surface area contributed by atoms with Gasteiger partial charge in [0.05, 0.1) is 6.04 Å². The van der Waals surface area contributed by atoms with Gasteiger partial charge in [0.1, 0.15) is 11.6 Å². The molecule has 0 amide bonds. The molecule has 0 bridgehead atoms. The first kappa shape index (κ1) is 12.2. The molecule has 0 aliphatic rings. The van der Waals surface area contributed by atoms with Crippen molar-refractivity contribution in [3.8, 4) is 0 Å². The minimum absolute atomic E-state index is 0.0993. The van der Waals surface area contributed by atoms with Crippen molar-refractivity contribution in [1.82, 2.24) is 0 Å². The summed E-state index contributed by atoms with van der Waals surface area (Å²) in [6.07, 6.45) is 0. The van der Waals surface area contributed by atoms with Crippen molar-refractivity contribution in [2.45, 2.75) is 13.0 Å². The molecule has 1 heterocycles. The number of carboxylic acids is 1. The first-order chi connectivity index (χ1) is 8.56. The second-order valence-corrected chi connectivity index (χ2v) is 3.88. The summed E-state index contributed by atoms with van der Waals surface area (Å²) in [7, 11) is 0. The highest BCUT2D eigenvalue weighted by molar-refractivity contribution is 5.84. The van der Waals surface area contributed by atoms with Crippen LogP contribution < -0.4 is 5.32 Å². The summed E-state index contributed by atoms with van der Waals surface area (Å²) >= 11 is 0. The average Bonchev–Trinajstić information content (AvgIpc) is 2.81. The number of anilines is 1. The Morgan fingerprint density at radius 2 is 1.94 bits per heavy atom. The van der Waals surface area contributed by atoms with Crippen LogP contribution in [0.3, 0.4) is 0 Å². The Kier molecular flexibility index (Phi) is 3.32. The van der Waals surface area contributed by atoms with Crippen molar-refractivity contribution in [1.29, 1.82) is 0 Å². The molecule has 0 radical (unpaired) electrons. The zero-order valence-corrected chi connectivity index (χ0v) is 9.68. The van der Waals surface area contributed by atoms with E-state index in [0.29, 0.717) is 5.76 Å². The number of carboxylic acid groups (broad SMARTS) is 1. The molecule has 1 aromatic carbocycles. The van der Waals surface area contributed by atoms with Crippen LogP contribution in [0, 0.1) is 5.82 Å². The summed E-state index contributed by atoms with van der Waals surface area (Å²) in [5.41, 5.74) is 0.733. The van der Waals surface area contributed by atoms with Gasteiger partial charge in [0.25, 0.3) is 0 Å². The highest BCUT2D eigenvalue weighted by Gasteiger charge is 2.13. The standard InChI is InChI=1S/C13H12FNO3/c1-8(11-6-7-12(18-11)13(16)17)15-10-4-2-9(14)3-5-10/h2-8,15H,1H3,(H,16,17). The van der Waals surface area contributed by atoms with Crippen molar-refractivity contribution in [2.24, 2.45) is 0 Å². The van der Waals surface area contributed by atoms with Crippen molar-refractivity contribution in [2.75, 3.05) is 5.32 Å². The van der Waals surface area contributed by atoms with Crippen LogP contribution in [0.15, 0.2) is 40.8 Å². The number of hydrogen-bond acceptors (Lipinski definition) is 3. The molecule has 18 heavy (non-hydrogen) atoms. The van der Waals surface area contributed by atoms with E-state index >= 15 is 0 Å². The molecule has 0 aliphatic carbocycles. The van der Waals surface area contributed by atoms with Crippen LogP contribution in [-0.4, -0.2) is 11.1 Å². The first-order valence-corrected chi connectivity index (χ1v) is 5.41. The lowest BCUT2D eigenvalue weighted by Gasteiger charge is -2.12. The minimum Gasteiger partial charge on any atom is -0.475 e. The summed E-state index contributed by atoms with van der Waals surface area (Å²) in [4.78, 5) is 10.7. The van der Waals surface area contributed by atoms with Crippen LogP contribution >= 0.6 is 0 Å². The second kappa shape index (κ2) is 4.91. The number of benzene rings is 1. The number of halogens is 1. The van der Waals surface area contributed by atoms with Gasteiger partial charge in [-0.25, -0.2) is 9.18 Å². The Balaban J connectivity index is 2.09. The van der Waals surface area contributed by atoms with E-state index in [0.717, 1.165) is 5.69 Å². The molecule has 2 aromatic rings. The molecule has 2 N–H and O–H groups in total. The van der Waals surface area contributed by atoms with E-state index in [1.54, 1.807) is 18.2 Å². The number of furan rings is 1. The van der Waals surface area contributed by atoms with Gasteiger partial charge in [0.15, 0.2) is 0 Å². The maximum atomic E-state index is 12.7. The Morgan fingerprint density at radius 1 is 1.28 bits per heavy atom. The zero-order chi connectivity index (χ0) is 13.1. The fraction of sp³-hybridized carbons (Fsp3) is 0.154. The third kappa shape index (κ3) is 2.68. The zero-order valence-electron chi connectivity index (χ0n) is 9.68. The monoisotopic (exact) mass is 249 g/mol. The van der Waals surface area contributed by atoms with Gasteiger partial charge in [0, 0.05) is 5.69 Å². The molecule has 0 spiro atoms. The Labute approximate surface area is 103 Å². The molecule has 0 saturated heterocycles. The van der Waals surface area contributed by atoms with Gasteiger partial charge in [-0.2, -0.15) is 0 Å². The van der Waals surface area contributed by atoms with Crippen molar-refractivity contribution in [3.05, 3.63) is 53.7 Å². The molecule has 94 valence electrons. The summed E-state index contributed by atoms with van der Waals surface area (Å²) in [6.45, 7) is 1.83. The number of nitrogens with one attached hydrogen (secondary N) is 1. The number of aromatic carboxylic acids is 1. The number of carbonyl (C=O) groups is 1. The molecule has 4 nitrogen and oxygen atoms in total. The summed E-state index contributed by atoms with van der Waals surface area (Å²) in [6, 6.07) is 8.70. The van der Waals surface area contributed by atoms with Gasteiger partial charge < -0.3 is 14.8 Å². The summed E-state index contributed by atoms with van der Waals surface area (Å²) in [5.74, 6) is -0.996. The molecule has 5 heteroatoms. The van der Waals surface area contributed by atoms with Crippen molar-refractivity contribution >= 4 is 11.7 Å². The van der Waals surface area contributed by atoms with E-state index < -0.39 is 5.97 Å². The van der Waals surface area contributed by atoms with Crippen molar-refractivity contribution < 1.29 is 18.7 Å². The third-order valence-electron chi connectivity index (χ3n) is 2.49. The van der Waals surface area contributed by atoms with Gasteiger partial charge in [-0.15, -0.1) is 0 Å². The van der Waals surface area contributed by atoms with E-state index in [1.165, 1.54) is 18.2 Å². The van der Waals surface area contributed by atoms with E-state index in [9.17, 15) is 9.18 Å². The Bertz CT molecular complexity index is 548. The van der Waals surface area contributed by atoms with Gasteiger partial charge in [-0.1, -0.05) is 0 Å². The molecule has 0 aliphatic heterocycles. The lowest BCUT2D eigenvalue weighted by molar-refractivity contribution is 0.0660. The molecule has 0 saturated carbocycles. The third-order valence-corrected chi connectivity index (χ3v) is 2.49. The Morgan fingerprint density at radius 3 is 2.50 bits per heavy atom. The lowest BCUT2D eigenvalue weighted by Crippen LogP contribution is -2.05. The predicted octanol–water partition coefficient (Wildman–Crippen LogP) is 3.29. The summed E-state index contributed by atoms with van der Waals surface area (Å²) in [5, 5.41) is 11.8. The smallest absolute Gasteiger partial charge is 0.371 e. The Hall–Kier alpha value is -2.30. The van der Waals surface area contributed by atoms with Gasteiger partial charge in [-0.05, 0) is 43.3 Å². The molecule has 0 fully saturated rings. The highest BCUT2D eigenvalue weighted by atomic mass is 19.1. The fourth-order valence-corrected chi connectivity index (χ4v) is 1.57. The maximum absolute atomic E-state index is 12.7. The van der Waals surface area contributed by atoms with Crippen molar-refractivity contribution in [3.63, 3.8) is 0 Å². The molecule has 1 unspecified atom stereocenters. The SMILES string of the molecule is CC(Nc1ccc(F)cc1)c1ccc(C(=O)O)o1. The van der Waals surface area contributed by atoms with E-state index in [4.69, 9.17) is 9.52 Å². The molecule has 1 aromatic heterocycles. The quantitative estimate of drug-likeness (QED) is 0.872. The van der Waals surface area contributed by atoms with Crippen LogP contribution in [0.4, 0.5) is 10.1 Å². The van der Waals surface area contributed by atoms with Crippen LogP contribution in [0.25, 0.3) is 0 Å². The normalized spacial score (nSPS) is 12.1. The lowest BCUT2D eigenvalue weighted by atomic mass is 10.2. The minimum atomic E-state index is -1.10. The van der Waals surface area contributed by atoms with Crippen LogP contribution in [0.5, 0.6) is 0 Å². The van der Waals surface area contributed by atoms with Gasteiger partial charge >= 0.3 is 5.97 Å². The van der Waals surface area contributed by atoms with E-state index in [-0.39, 0.29) is 17.6 Å². The molecular formula is C13H12FNO3. The molecular weight excluding hydrogens is 237 g/mol. The topological polar surface area (TPSA) is 62.5 Å². The maximum Gasteiger partial charge on any atom is 0.371 e. The first-order valence-electron chi connectivity index (χ1n) is 5.41. The van der Waals surface area contributed by atoms with Gasteiger partial charge in [0.2, 0.25) is 5.76 Å².